The molecule has 0 aliphatic rings. The number of furan rings is 1. The third-order valence-corrected chi connectivity index (χ3v) is 2.74. The van der Waals surface area contributed by atoms with Crippen molar-refractivity contribution in [2.75, 3.05) is 0 Å². The maximum Gasteiger partial charge on any atom is 0.104 e. The third kappa shape index (κ3) is 2.36. The first kappa shape index (κ1) is 10.4. The molecule has 0 unspecified atom stereocenters. The van der Waals surface area contributed by atoms with E-state index in [0.29, 0.717) is 0 Å². The summed E-state index contributed by atoms with van der Waals surface area (Å²) in [5.41, 5.74) is 2.79. The molecular weight excluding hydrogens is 160 g/mol. The maximum absolute atomic E-state index is 5.58. The minimum atomic E-state index is 1.09. The van der Waals surface area contributed by atoms with Crippen LogP contribution in [0.3, 0.4) is 0 Å². The van der Waals surface area contributed by atoms with Gasteiger partial charge in [-0.3, -0.25) is 0 Å². The summed E-state index contributed by atoms with van der Waals surface area (Å²) in [6, 6.07) is 0. The van der Waals surface area contributed by atoms with Crippen LogP contribution >= 0.6 is 0 Å². The lowest BCUT2D eigenvalue weighted by atomic mass is 10.0. The van der Waals surface area contributed by atoms with Crippen LogP contribution in [0, 0.1) is 20.8 Å². The lowest BCUT2D eigenvalue weighted by Gasteiger charge is -1.99. The van der Waals surface area contributed by atoms with Crippen molar-refractivity contribution >= 4 is 0 Å². The number of aryl methyl sites for hydroxylation is 2. The summed E-state index contributed by atoms with van der Waals surface area (Å²) in [6.07, 6.45) is 5.08. The largest absolute Gasteiger partial charge is 0.466 e. The van der Waals surface area contributed by atoms with E-state index in [2.05, 4.69) is 20.8 Å². The average Bonchev–Trinajstić information content (AvgIpc) is 2.32. The van der Waals surface area contributed by atoms with E-state index in [1.54, 1.807) is 0 Å². The topological polar surface area (TPSA) is 13.1 Å². The van der Waals surface area contributed by atoms with Crippen LogP contribution in [-0.4, -0.2) is 0 Å². The molecule has 0 aliphatic carbocycles. The highest BCUT2D eigenvalue weighted by Crippen LogP contribution is 2.22. The van der Waals surface area contributed by atoms with Gasteiger partial charge in [0.15, 0.2) is 0 Å². The molecule has 1 heterocycles. The molecule has 0 fully saturated rings. The molecular formula is C12H20O. The molecule has 0 aliphatic heterocycles. The van der Waals surface area contributed by atoms with Crippen LogP contribution in [0.25, 0.3) is 0 Å². The molecule has 1 aromatic heterocycles. The molecule has 0 N–H and O–H groups in total. The summed E-state index contributed by atoms with van der Waals surface area (Å²) in [5.74, 6) is 2.20. The molecule has 0 saturated carbocycles. The van der Waals surface area contributed by atoms with Crippen molar-refractivity contribution in [2.45, 2.75) is 53.4 Å². The Kier molecular flexibility index (Phi) is 3.58. The van der Waals surface area contributed by atoms with Gasteiger partial charge in [-0.15, -0.1) is 0 Å². The molecule has 0 amide bonds. The minimum Gasteiger partial charge on any atom is -0.466 e. The molecule has 1 rings (SSSR count). The van der Waals surface area contributed by atoms with Crippen molar-refractivity contribution < 1.29 is 4.42 Å². The summed E-state index contributed by atoms with van der Waals surface area (Å²) < 4.78 is 5.58. The second kappa shape index (κ2) is 4.50. The van der Waals surface area contributed by atoms with Gasteiger partial charge in [0.25, 0.3) is 0 Å². The number of unbranched alkanes of at least 4 members (excludes halogenated alkanes) is 2. The van der Waals surface area contributed by atoms with E-state index < -0.39 is 0 Å². The van der Waals surface area contributed by atoms with Crippen molar-refractivity contribution in [2.24, 2.45) is 0 Å². The first-order valence-electron chi connectivity index (χ1n) is 5.22. The zero-order valence-corrected chi connectivity index (χ0v) is 9.24. The molecule has 0 spiro atoms. The molecule has 0 aromatic carbocycles. The highest BCUT2D eigenvalue weighted by molar-refractivity contribution is 5.31. The van der Waals surface area contributed by atoms with Gasteiger partial charge in [0, 0.05) is 0 Å². The van der Waals surface area contributed by atoms with E-state index in [1.807, 2.05) is 6.92 Å². The summed E-state index contributed by atoms with van der Waals surface area (Å²) in [4.78, 5) is 0. The van der Waals surface area contributed by atoms with E-state index in [4.69, 9.17) is 4.42 Å². The zero-order valence-electron chi connectivity index (χ0n) is 9.24. The van der Waals surface area contributed by atoms with Crippen molar-refractivity contribution in [3.63, 3.8) is 0 Å². The Hall–Kier alpha value is -0.720. The van der Waals surface area contributed by atoms with Gasteiger partial charge in [0.05, 0.1) is 0 Å². The standard InChI is InChI=1S/C12H20O/c1-5-6-7-8-12-9(2)10(3)13-11(12)4/h5-8H2,1-4H3. The average molecular weight is 180 g/mol. The van der Waals surface area contributed by atoms with E-state index in [0.717, 1.165) is 11.5 Å². The van der Waals surface area contributed by atoms with E-state index in [1.165, 1.54) is 36.8 Å². The Morgan fingerprint density at radius 1 is 1.00 bits per heavy atom. The maximum atomic E-state index is 5.58. The van der Waals surface area contributed by atoms with Crippen molar-refractivity contribution in [1.82, 2.24) is 0 Å². The quantitative estimate of drug-likeness (QED) is 0.640. The van der Waals surface area contributed by atoms with Crippen molar-refractivity contribution in [1.29, 1.82) is 0 Å². The van der Waals surface area contributed by atoms with E-state index in [9.17, 15) is 0 Å². The summed E-state index contributed by atoms with van der Waals surface area (Å²) in [5, 5.41) is 0. The van der Waals surface area contributed by atoms with Gasteiger partial charge in [-0.1, -0.05) is 19.8 Å². The number of hydrogen-bond donors (Lipinski definition) is 0. The molecule has 1 aromatic rings. The fourth-order valence-corrected chi connectivity index (χ4v) is 1.76. The lowest BCUT2D eigenvalue weighted by Crippen LogP contribution is -1.88. The summed E-state index contributed by atoms with van der Waals surface area (Å²) in [7, 11) is 0. The van der Waals surface area contributed by atoms with Gasteiger partial charge < -0.3 is 4.42 Å². The van der Waals surface area contributed by atoms with Crippen LogP contribution in [0.2, 0.25) is 0 Å². The molecule has 0 atom stereocenters. The van der Waals surface area contributed by atoms with E-state index in [-0.39, 0.29) is 0 Å². The third-order valence-electron chi connectivity index (χ3n) is 2.74. The summed E-state index contributed by atoms with van der Waals surface area (Å²) in [6.45, 7) is 8.51. The number of rotatable bonds is 4. The van der Waals surface area contributed by atoms with Gasteiger partial charge in [0.1, 0.15) is 11.5 Å². The Labute approximate surface area is 81.1 Å². The first-order chi connectivity index (χ1) is 6.16. The predicted octanol–water partition coefficient (Wildman–Crippen LogP) is 3.94. The molecule has 1 heteroatoms. The van der Waals surface area contributed by atoms with Gasteiger partial charge in [-0.2, -0.15) is 0 Å². The predicted molar refractivity (Wildman–Crippen MR) is 56.1 cm³/mol. The van der Waals surface area contributed by atoms with Crippen LogP contribution < -0.4 is 0 Å². The Morgan fingerprint density at radius 3 is 2.15 bits per heavy atom. The highest BCUT2D eigenvalue weighted by atomic mass is 16.3. The van der Waals surface area contributed by atoms with Crippen molar-refractivity contribution in [3.05, 3.63) is 22.6 Å². The Morgan fingerprint density at radius 2 is 1.69 bits per heavy atom. The smallest absolute Gasteiger partial charge is 0.104 e. The van der Waals surface area contributed by atoms with Crippen LogP contribution in [0.15, 0.2) is 4.42 Å². The van der Waals surface area contributed by atoms with Gasteiger partial charge in [-0.05, 0) is 44.7 Å². The van der Waals surface area contributed by atoms with Crippen LogP contribution in [-0.2, 0) is 6.42 Å². The second-order valence-corrected chi connectivity index (χ2v) is 3.78. The Balaban J connectivity index is 2.64. The summed E-state index contributed by atoms with van der Waals surface area (Å²) >= 11 is 0. The van der Waals surface area contributed by atoms with Crippen molar-refractivity contribution in [3.8, 4) is 0 Å². The lowest BCUT2D eigenvalue weighted by molar-refractivity contribution is 0.499. The molecule has 0 saturated heterocycles. The van der Waals surface area contributed by atoms with Gasteiger partial charge in [0.2, 0.25) is 0 Å². The minimum absolute atomic E-state index is 1.09. The molecule has 74 valence electrons. The molecule has 0 radical (unpaired) electrons. The first-order valence-corrected chi connectivity index (χ1v) is 5.22. The van der Waals surface area contributed by atoms with Gasteiger partial charge >= 0.3 is 0 Å². The highest BCUT2D eigenvalue weighted by Gasteiger charge is 2.09. The Bertz CT molecular complexity index is 271. The van der Waals surface area contributed by atoms with Gasteiger partial charge in [-0.25, -0.2) is 0 Å². The van der Waals surface area contributed by atoms with E-state index >= 15 is 0 Å². The number of hydrogen-bond acceptors (Lipinski definition) is 1. The molecule has 13 heavy (non-hydrogen) atoms. The van der Waals surface area contributed by atoms with Crippen LogP contribution in [0.5, 0.6) is 0 Å². The van der Waals surface area contributed by atoms with Crippen LogP contribution in [0.1, 0.15) is 48.8 Å². The monoisotopic (exact) mass is 180 g/mol. The fraction of sp³-hybridized carbons (Fsp3) is 0.667. The second-order valence-electron chi connectivity index (χ2n) is 3.78. The zero-order chi connectivity index (χ0) is 9.84. The molecule has 0 bridgehead atoms. The molecule has 1 nitrogen and oxygen atoms in total. The van der Waals surface area contributed by atoms with Crippen LogP contribution in [0.4, 0.5) is 0 Å². The SMILES string of the molecule is CCCCCc1c(C)oc(C)c1C. The normalized spacial score (nSPS) is 10.8. The fourth-order valence-electron chi connectivity index (χ4n) is 1.76.